The zero-order chi connectivity index (χ0) is 14.0. The van der Waals surface area contributed by atoms with Crippen molar-refractivity contribution in [1.82, 2.24) is 9.78 Å². The number of aromatic nitrogens is 2. The van der Waals surface area contributed by atoms with E-state index in [9.17, 15) is 9.18 Å². The van der Waals surface area contributed by atoms with Crippen LogP contribution in [0, 0.1) is 19.7 Å². The summed E-state index contributed by atoms with van der Waals surface area (Å²) >= 11 is 3.45. The molecular formula is C14H14BrFN2O. The number of hydrogen-bond donors (Lipinski definition) is 0. The highest BCUT2D eigenvalue weighted by atomic mass is 79.9. The molecule has 1 aromatic heterocycles. The van der Waals surface area contributed by atoms with Gasteiger partial charge in [-0.25, -0.2) is 4.39 Å². The molecule has 0 aliphatic carbocycles. The molecule has 5 heteroatoms. The Morgan fingerprint density at radius 1 is 1.32 bits per heavy atom. The monoisotopic (exact) mass is 324 g/mol. The van der Waals surface area contributed by atoms with Crippen LogP contribution in [-0.2, 0) is 6.54 Å². The number of benzene rings is 1. The smallest absolute Gasteiger partial charge is 0.164 e. The van der Waals surface area contributed by atoms with Crippen molar-refractivity contribution in [3.8, 4) is 0 Å². The summed E-state index contributed by atoms with van der Waals surface area (Å²) in [4.78, 5) is 12.0. The molecule has 0 aliphatic rings. The Kier molecular flexibility index (Phi) is 4.14. The Morgan fingerprint density at radius 3 is 2.47 bits per heavy atom. The van der Waals surface area contributed by atoms with E-state index in [1.54, 1.807) is 4.68 Å². The van der Waals surface area contributed by atoms with Gasteiger partial charge >= 0.3 is 0 Å². The van der Waals surface area contributed by atoms with E-state index < -0.39 is 0 Å². The molecule has 2 rings (SSSR count). The molecule has 19 heavy (non-hydrogen) atoms. The van der Waals surface area contributed by atoms with Gasteiger partial charge in [-0.2, -0.15) is 5.10 Å². The van der Waals surface area contributed by atoms with Gasteiger partial charge in [0.15, 0.2) is 5.78 Å². The zero-order valence-electron chi connectivity index (χ0n) is 10.8. The normalized spacial score (nSPS) is 10.7. The maximum atomic E-state index is 12.8. The summed E-state index contributed by atoms with van der Waals surface area (Å²) in [5.41, 5.74) is 2.44. The van der Waals surface area contributed by atoms with Crippen molar-refractivity contribution in [2.75, 3.05) is 0 Å². The molecule has 100 valence electrons. The SMILES string of the molecule is Cc1nn(CCC(=O)c2ccc(F)cc2)c(C)c1Br. The molecule has 0 radical (unpaired) electrons. The predicted octanol–water partition coefficient (Wildman–Crippen LogP) is 3.67. The number of aryl methyl sites for hydroxylation is 2. The number of carbonyl (C=O) groups excluding carboxylic acids is 1. The molecule has 0 saturated heterocycles. The first-order chi connectivity index (χ1) is 8.99. The molecule has 1 aromatic carbocycles. The summed E-state index contributed by atoms with van der Waals surface area (Å²) < 4.78 is 15.6. The average Bonchev–Trinajstić information content (AvgIpc) is 2.64. The van der Waals surface area contributed by atoms with E-state index in [0.29, 0.717) is 18.5 Å². The highest BCUT2D eigenvalue weighted by Gasteiger charge is 2.11. The van der Waals surface area contributed by atoms with Gasteiger partial charge in [-0.15, -0.1) is 0 Å². The average molecular weight is 325 g/mol. The minimum absolute atomic E-state index is 0.0105. The van der Waals surface area contributed by atoms with Crippen LogP contribution < -0.4 is 0 Å². The van der Waals surface area contributed by atoms with E-state index >= 15 is 0 Å². The standard InChI is InChI=1S/C14H14BrFN2O/c1-9-14(15)10(2)18(17-9)8-7-13(19)11-3-5-12(16)6-4-11/h3-6H,7-8H2,1-2H3. The molecule has 0 N–H and O–H groups in total. The van der Waals surface area contributed by atoms with E-state index in [-0.39, 0.29) is 11.6 Å². The molecule has 0 aliphatic heterocycles. The number of rotatable bonds is 4. The molecule has 0 spiro atoms. The fourth-order valence-electron chi connectivity index (χ4n) is 1.88. The molecule has 2 aromatic rings. The minimum atomic E-state index is -0.334. The van der Waals surface area contributed by atoms with E-state index in [1.807, 2.05) is 13.8 Å². The Labute approximate surface area is 119 Å². The number of halogens is 2. The fourth-order valence-corrected chi connectivity index (χ4v) is 2.16. The van der Waals surface area contributed by atoms with Crippen LogP contribution in [-0.4, -0.2) is 15.6 Å². The largest absolute Gasteiger partial charge is 0.294 e. The molecule has 0 amide bonds. The maximum Gasteiger partial charge on any atom is 0.164 e. The minimum Gasteiger partial charge on any atom is -0.294 e. The Balaban J connectivity index is 2.04. The van der Waals surface area contributed by atoms with Crippen LogP contribution in [0.4, 0.5) is 4.39 Å². The van der Waals surface area contributed by atoms with Crippen molar-refractivity contribution in [3.63, 3.8) is 0 Å². The first-order valence-electron chi connectivity index (χ1n) is 5.97. The highest BCUT2D eigenvalue weighted by Crippen LogP contribution is 2.20. The summed E-state index contributed by atoms with van der Waals surface area (Å²) in [5.74, 6) is -0.345. The third-order valence-electron chi connectivity index (χ3n) is 3.01. The lowest BCUT2D eigenvalue weighted by Crippen LogP contribution is -2.08. The third kappa shape index (κ3) is 3.10. The van der Waals surface area contributed by atoms with E-state index in [4.69, 9.17) is 0 Å². The quantitative estimate of drug-likeness (QED) is 0.804. The van der Waals surface area contributed by atoms with Crippen LogP contribution in [0.2, 0.25) is 0 Å². The van der Waals surface area contributed by atoms with Crippen molar-refractivity contribution >= 4 is 21.7 Å². The van der Waals surface area contributed by atoms with Crippen molar-refractivity contribution in [3.05, 3.63) is 51.5 Å². The first kappa shape index (κ1) is 13.9. The van der Waals surface area contributed by atoms with Gasteiger partial charge in [-0.05, 0) is 54.0 Å². The number of carbonyl (C=O) groups is 1. The molecule has 0 atom stereocenters. The van der Waals surface area contributed by atoms with Gasteiger partial charge in [-0.3, -0.25) is 9.48 Å². The Bertz CT molecular complexity index is 605. The number of hydrogen-bond acceptors (Lipinski definition) is 2. The van der Waals surface area contributed by atoms with Gasteiger partial charge in [0.25, 0.3) is 0 Å². The molecule has 1 heterocycles. The summed E-state index contributed by atoms with van der Waals surface area (Å²) in [6.45, 7) is 4.39. The van der Waals surface area contributed by atoms with Gasteiger partial charge < -0.3 is 0 Å². The second-order valence-corrected chi connectivity index (χ2v) is 5.18. The van der Waals surface area contributed by atoms with Gasteiger partial charge in [0.05, 0.1) is 10.2 Å². The van der Waals surface area contributed by atoms with Crippen molar-refractivity contribution in [2.24, 2.45) is 0 Å². The molecule has 0 fully saturated rings. The Morgan fingerprint density at radius 2 is 1.95 bits per heavy atom. The number of nitrogens with zero attached hydrogens (tertiary/aromatic N) is 2. The number of ketones is 1. The summed E-state index contributed by atoms with van der Waals surface area (Å²) in [6, 6.07) is 5.61. The van der Waals surface area contributed by atoms with Crippen LogP contribution in [0.5, 0.6) is 0 Å². The lowest BCUT2D eigenvalue weighted by atomic mass is 10.1. The molecule has 3 nitrogen and oxygen atoms in total. The van der Waals surface area contributed by atoms with Crippen LogP contribution in [0.3, 0.4) is 0 Å². The summed E-state index contributed by atoms with van der Waals surface area (Å²) in [7, 11) is 0. The predicted molar refractivity (Wildman–Crippen MR) is 74.7 cm³/mol. The van der Waals surface area contributed by atoms with Crippen LogP contribution in [0.25, 0.3) is 0 Å². The summed E-state index contributed by atoms with van der Waals surface area (Å²) in [6.07, 6.45) is 0.347. The van der Waals surface area contributed by atoms with Gasteiger partial charge in [0.2, 0.25) is 0 Å². The van der Waals surface area contributed by atoms with E-state index in [2.05, 4.69) is 21.0 Å². The van der Waals surface area contributed by atoms with Crippen LogP contribution >= 0.6 is 15.9 Å². The van der Waals surface area contributed by atoms with Crippen molar-refractivity contribution < 1.29 is 9.18 Å². The van der Waals surface area contributed by atoms with Crippen LogP contribution in [0.1, 0.15) is 28.2 Å². The van der Waals surface area contributed by atoms with Crippen molar-refractivity contribution in [2.45, 2.75) is 26.8 Å². The number of Topliss-reactive ketones (excluding diaryl/α,β-unsaturated/α-hetero) is 1. The third-order valence-corrected chi connectivity index (χ3v) is 4.16. The second-order valence-electron chi connectivity index (χ2n) is 4.39. The topological polar surface area (TPSA) is 34.9 Å². The molecule has 0 saturated carbocycles. The second kappa shape index (κ2) is 5.65. The first-order valence-corrected chi connectivity index (χ1v) is 6.76. The lowest BCUT2D eigenvalue weighted by molar-refractivity contribution is 0.0975. The maximum absolute atomic E-state index is 12.8. The lowest BCUT2D eigenvalue weighted by Gasteiger charge is -2.04. The van der Waals surface area contributed by atoms with Crippen LogP contribution in [0.15, 0.2) is 28.7 Å². The fraction of sp³-hybridized carbons (Fsp3) is 0.286. The van der Waals surface area contributed by atoms with Crippen molar-refractivity contribution in [1.29, 1.82) is 0 Å². The summed E-state index contributed by atoms with van der Waals surface area (Å²) in [5, 5.41) is 4.35. The molecule has 0 unspecified atom stereocenters. The van der Waals surface area contributed by atoms with E-state index in [0.717, 1.165) is 15.9 Å². The zero-order valence-corrected chi connectivity index (χ0v) is 12.4. The highest BCUT2D eigenvalue weighted by molar-refractivity contribution is 9.10. The van der Waals surface area contributed by atoms with Gasteiger partial charge in [0, 0.05) is 24.2 Å². The van der Waals surface area contributed by atoms with Gasteiger partial charge in [0.1, 0.15) is 5.82 Å². The molecule has 0 bridgehead atoms. The van der Waals surface area contributed by atoms with E-state index in [1.165, 1.54) is 24.3 Å². The Hall–Kier alpha value is -1.49. The molecular weight excluding hydrogens is 311 g/mol. The van der Waals surface area contributed by atoms with Gasteiger partial charge in [-0.1, -0.05) is 0 Å².